The second kappa shape index (κ2) is 9.94. The summed E-state index contributed by atoms with van der Waals surface area (Å²) >= 11 is 4.30. The summed E-state index contributed by atoms with van der Waals surface area (Å²) in [6.45, 7) is 6.77. The van der Waals surface area contributed by atoms with Crippen molar-refractivity contribution in [2.45, 2.75) is 59.3 Å². The molecule has 1 aromatic rings. The van der Waals surface area contributed by atoms with Crippen LogP contribution in [0.25, 0.3) is 0 Å². The van der Waals surface area contributed by atoms with Gasteiger partial charge in [0.15, 0.2) is 0 Å². The van der Waals surface area contributed by atoms with Crippen molar-refractivity contribution < 1.29 is 4.79 Å². The van der Waals surface area contributed by atoms with Crippen LogP contribution in [0.15, 0.2) is 30.3 Å². The first-order valence-corrected chi connectivity index (χ1v) is 14.3. The van der Waals surface area contributed by atoms with Gasteiger partial charge in [0.1, 0.15) is 0 Å². The quantitative estimate of drug-likeness (QED) is 0.269. The average Bonchev–Trinajstić information content (AvgIpc) is 2.58. The molecule has 0 amide bonds. The van der Waals surface area contributed by atoms with Crippen molar-refractivity contribution in [3.63, 3.8) is 0 Å². The van der Waals surface area contributed by atoms with Crippen LogP contribution >= 0.6 is 20.8 Å². The average molecular weight is 401 g/mol. The zero-order valence-electron chi connectivity index (χ0n) is 15.2. The van der Waals surface area contributed by atoms with Crippen LogP contribution in [0.4, 0.5) is 0 Å². The molecule has 0 aliphatic rings. The number of hydrogen-bond donors (Lipinski definition) is 0. The van der Waals surface area contributed by atoms with Crippen LogP contribution in [0.1, 0.15) is 69.7 Å². The van der Waals surface area contributed by atoms with E-state index in [4.69, 9.17) is 0 Å². The van der Waals surface area contributed by atoms with E-state index in [1.807, 2.05) is 30.3 Å². The Morgan fingerprint density at radius 2 is 1.30 bits per heavy atom. The Bertz CT molecular complexity index is 447. The van der Waals surface area contributed by atoms with Gasteiger partial charge in [-0.1, -0.05) is 0 Å². The number of rotatable bonds is 12. The molecular formula is C20H34BrOP. The molecule has 1 aromatic carbocycles. The van der Waals surface area contributed by atoms with Gasteiger partial charge < -0.3 is 0 Å². The molecule has 0 bridgehead atoms. The molecular weight excluding hydrogens is 367 g/mol. The summed E-state index contributed by atoms with van der Waals surface area (Å²) in [5.74, 6) is 0.337. The van der Waals surface area contributed by atoms with Gasteiger partial charge in [-0.05, 0) is 0 Å². The van der Waals surface area contributed by atoms with Crippen molar-refractivity contribution in [2.75, 3.05) is 24.6 Å². The van der Waals surface area contributed by atoms with Crippen LogP contribution < -0.4 is 0 Å². The van der Waals surface area contributed by atoms with E-state index in [9.17, 15) is 4.79 Å². The Balaban J connectivity index is 3.05. The van der Waals surface area contributed by atoms with Crippen LogP contribution in [0.5, 0.6) is 0 Å². The van der Waals surface area contributed by atoms with Crippen LogP contribution in [-0.4, -0.2) is 30.4 Å². The van der Waals surface area contributed by atoms with E-state index in [1.165, 1.54) is 57.0 Å². The summed E-state index contributed by atoms with van der Waals surface area (Å²) in [5, 5.41) is -2.13. The van der Waals surface area contributed by atoms with E-state index in [1.54, 1.807) is 0 Å². The summed E-state index contributed by atoms with van der Waals surface area (Å²) < 4.78 is 0. The fraction of sp³-hybridized carbons (Fsp3) is 0.650. The molecule has 0 unspecified atom stereocenters. The third kappa shape index (κ3) is 6.67. The van der Waals surface area contributed by atoms with Crippen LogP contribution in [0, 0.1) is 0 Å². The summed E-state index contributed by atoms with van der Waals surface area (Å²) in [7, 11) is 0. The van der Waals surface area contributed by atoms with Crippen molar-refractivity contribution in [3.05, 3.63) is 35.9 Å². The Kier molecular flexibility index (Phi) is 9.01. The van der Waals surface area contributed by atoms with Crippen molar-refractivity contribution in [2.24, 2.45) is 0 Å². The predicted octanol–water partition coefficient (Wildman–Crippen LogP) is 7.13. The molecule has 0 saturated carbocycles. The summed E-state index contributed by atoms with van der Waals surface area (Å²) in [6, 6.07) is 9.86. The Hall–Kier alpha value is -0.200. The van der Waals surface area contributed by atoms with E-state index < -0.39 is 5.31 Å². The number of Topliss-reactive ketones (excluding diaryl/α,β-unsaturated/α-hetero) is 1. The maximum atomic E-state index is 13.0. The molecule has 0 N–H and O–H groups in total. The first-order valence-electron chi connectivity index (χ1n) is 9.27. The van der Waals surface area contributed by atoms with Crippen molar-refractivity contribution in [1.29, 1.82) is 0 Å². The van der Waals surface area contributed by atoms with E-state index in [0.29, 0.717) is 5.78 Å². The molecule has 0 radical (unpaired) electrons. The van der Waals surface area contributed by atoms with Gasteiger partial charge >= 0.3 is 151 Å². The van der Waals surface area contributed by atoms with Gasteiger partial charge in [-0.3, -0.25) is 0 Å². The van der Waals surface area contributed by atoms with Crippen LogP contribution in [0.2, 0.25) is 0 Å². The third-order valence-electron chi connectivity index (χ3n) is 4.85. The first kappa shape index (κ1) is 20.8. The SMILES string of the molecule is CCCCP(Br)(CCCC)(CCCC)CC(=O)c1ccccc1. The fourth-order valence-electron chi connectivity index (χ4n) is 3.31. The number of carbonyl (C=O) groups is 1. The number of halogens is 1. The minimum atomic E-state index is -2.13. The number of ketones is 1. The zero-order valence-corrected chi connectivity index (χ0v) is 17.7. The molecule has 1 nitrogen and oxygen atoms in total. The summed E-state index contributed by atoms with van der Waals surface area (Å²) in [6.07, 6.45) is 11.7. The van der Waals surface area contributed by atoms with E-state index >= 15 is 0 Å². The molecule has 0 atom stereocenters. The van der Waals surface area contributed by atoms with Crippen LogP contribution in [0.3, 0.4) is 0 Å². The monoisotopic (exact) mass is 400 g/mol. The molecule has 0 aromatic heterocycles. The van der Waals surface area contributed by atoms with Crippen molar-refractivity contribution in [1.82, 2.24) is 0 Å². The number of carbonyl (C=O) groups excluding carboxylic acids is 1. The molecule has 132 valence electrons. The standard InChI is InChI=1S/C20H34BrOP/c1-4-7-15-23(21,16-8-5-2,17-9-6-3)18-20(22)19-13-11-10-12-14-19/h10-14H,4-9,15-18H2,1-3H3. The van der Waals surface area contributed by atoms with Gasteiger partial charge in [-0.25, -0.2) is 0 Å². The van der Waals surface area contributed by atoms with Crippen LogP contribution in [-0.2, 0) is 0 Å². The fourth-order valence-corrected chi connectivity index (χ4v) is 11.6. The van der Waals surface area contributed by atoms with Gasteiger partial charge in [0.2, 0.25) is 0 Å². The maximum absolute atomic E-state index is 13.0. The normalized spacial score (nSPS) is 13.5. The Labute approximate surface area is 151 Å². The molecule has 0 fully saturated rings. The Morgan fingerprint density at radius 1 is 0.870 bits per heavy atom. The Morgan fingerprint density at radius 3 is 1.70 bits per heavy atom. The van der Waals surface area contributed by atoms with Crippen molar-refractivity contribution >= 4 is 26.6 Å². The minimum absolute atomic E-state index is 0.337. The molecule has 0 saturated heterocycles. The van der Waals surface area contributed by atoms with Gasteiger partial charge in [0.05, 0.1) is 0 Å². The van der Waals surface area contributed by atoms with Gasteiger partial charge in [-0.2, -0.15) is 0 Å². The van der Waals surface area contributed by atoms with E-state index in [0.717, 1.165) is 11.7 Å². The van der Waals surface area contributed by atoms with E-state index in [-0.39, 0.29) is 0 Å². The molecule has 1 rings (SSSR count). The topological polar surface area (TPSA) is 17.1 Å². The summed E-state index contributed by atoms with van der Waals surface area (Å²) in [5.41, 5.74) is 0.880. The van der Waals surface area contributed by atoms with Gasteiger partial charge in [0, 0.05) is 0 Å². The molecule has 0 heterocycles. The number of hydrogen-bond acceptors (Lipinski definition) is 1. The van der Waals surface area contributed by atoms with Gasteiger partial charge in [0.25, 0.3) is 0 Å². The number of benzene rings is 1. The number of unbranched alkanes of at least 4 members (excludes halogenated alkanes) is 3. The molecule has 3 heteroatoms. The zero-order chi connectivity index (χ0) is 17.2. The van der Waals surface area contributed by atoms with E-state index in [2.05, 4.69) is 36.3 Å². The predicted molar refractivity (Wildman–Crippen MR) is 111 cm³/mol. The van der Waals surface area contributed by atoms with Crippen molar-refractivity contribution in [3.8, 4) is 0 Å². The second-order valence-corrected chi connectivity index (χ2v) is 18.3. The third-order valence-corrected chi connectivity index (χ3v) is 14.2. The molecule has 0 aliphatic heterocycles. The summed E-state index contributed by atoms with van der Waals surface area (Å²) in [4.78, 5) is 13.0. The molecule has 0 aliphatic carbocycles. The van der Waals surface area contributed by atoms with Gasteiger partial charge in [-0.15, -0.1) is 0 Å². The molecule has 0 spiro atoms. The second-order valence-electron chi connectivity index (χ2n) is 7.00. The first-order chi connectivity index (χ1) is 11.0. The molecule has 23 heavy (non-hydrogen) atoms.